The number of benzene rings is 1. The summed E-state index contributed by atoms with van der Waals surface area (Å²) in [7, 11) is 0. The topological polar surface area (TPSA) is 66.5 Å². The number of carbonyl (C=O) groups excluding carboxylic acids is 3. The predicted octanol–water partition coefficient (Wildman–Crippen LogP) is 3.89. The standard InChI is InChI=1S/C22H30N2O3/c1-15-11-13-24(14-12-15)22(27)19-5-3-18(4-6-19)21(26)23-20-9-7-17(8-10-20)16(2)25/h7-10,15,18-19H,3-6,11-14H2,1-2H3,(H,23,26). The molecule has 146 valence electrons. The SMILES string of the molecule is CC(=O)c1ccc(NC(=O)C2CCC(C(=O)N3CCC(C)CC3)CC2)cc1. The van der Waals surface area contributed by atoms with Gasteiger partial charge in [-0.15, -0.1) is 0 Å². The number of carbonyl (C=O) groups is 3. The van der Waals surface area contributed by atoms with E-state index in [4.69, 9.17) is 0 Å². The molecule has 1 saturated carbocycles. The molecule has 0 aromatic heterocycles. The van der Waals surface area contributed by atoms with Crippen LogP contribution in [0.5, 0.6) is 0 Å². The first-order valence-corrected chi connectivity index (χ1v) is 10.1. The van der Waals surface area contributed by atoms with Gasteiger partial charge in [-0.1, -0.05) is 6.92 Å². The molecule has 1 N–H and O–H groups in total. The highest BCUT2D eigenvalue weighted by molar-refractivity contribution is 5.96. The summed E-state index contributed by atoms with van der Waals surface area (Å²) in [5.41, 5.74) is 1.35. The molecule has 1 aliphatic heterocycles. The number of ketones is 1. The van der Waals surface area contributed by atoms with E-state index < -0.39 is 0 Å². The Morgan fingerprint density at radius 3 is 2.00 bits per heavy atom. The van der Waals surface area contributed by atoms with Crippen LogP contribution < -0.4 is 5.32 Å². The van der Waals surface area contributed by atoms with E-state index in [0.717, 1.165) is 57.5 Å². The minimum absolute atomic E-state index is 0.0130. The molecule has 0 spiro atoms. The number of hydrogen-bond acceptors (Lipinski definition) is 3. The average Bonchev–Trinajstić information content (AvgIpc) is 2.68. The van der Waals surface area contributed by atoms with Crippen LogP contribution in [0.4, 0.5) is 5.69 Å². The minimum Gasteiger partial charge on any atom is -0.342 e. The lowest BCUT2D eigenvalue weighted by atomic mass is 9.80. The van der Waals surface area contributed by atoms with E-state index in [1.165, 1.54) is 6.92 Å². The highest BCUT2D eigenvalue weighted by Crippen LogP contribution is 2.32. The number of Topliss-reactive ketones (excluding diaryl/α,β-unsaturated/α-hetero) is 1. The Labute approximate surface area is 161 Å². The van der Waals surface area contributed by atoms with Gasteiger partial charge in [0.15, 0.2) is 5.78 Å². The van der Waals surface area contributed by atoms with Crippen molar-refractivity contribution in [3.63, 3.8) is 0 Å². The summed E-state index contributed by atoms with van der Waals surface area (Å²) in [6.07, 6.45) is 5.33. The Morgan fingerprint density at radius 2 is 1.44 bits per heavy atom. The summed E-state index contributed by atoms with van der Waals surface area (Å²) in [6.45, 7) is 5.55. The van der Waals surface area contributed by atoms with Gasteiger partial charge in [-0.05, 0) is 75.6 Å². The van der Waals surface area contributed by atoms with Crippen LogP contribution >= 0.6 is 0 Å². The molecule has 1 saturated heterocycles. The van der Waals surface area contributed by atoms with Crippen LogP contribution in [-0.2, 0) is 9.59 Å². The molecule has 2 fully saturated rings. The lowest BCUT2D eigenvalue weighted by Gasteiger charge is -2.35. The summed E-state index contributed by atoms with van der Waals surface area (Å²) in [4.78, 5) is 38.6. The van der Waals surface area contributed by atoms with Crippen molar-refractivity contribution in [2.45, 2.75) is 52.4 Å². The zero-order valence-corrected chi connectivity index (χ0v) is 16.4. The Bertz CT molecular complexity index is 682. The zero-order valence-electron chi connectivity index (χ0n) is 16.4. The molecule has 5 nitrogen and oxygen atoms in total. The molecule has 1 aromatic rings. The Hall–Kier alpha value is -2.17. The van der Waals surface area contributed by atoms with Gasteiger partial charge in [-0.25, -0.2) is 0 Å². The summed E-state index contributed by atoms with van der Waals surface area (Å²) in [5, 5.41) is 2.94. The van der Waals surface area contributed by atoms with Crippen molar-refractivity contribution >= 4 is 23.3 Å². The number of amides is 2. The first-order valence-electron chi connectivity index (χ1n) is 10.1. The third-order valence-electron chi connectivity index (χ3n) is 6.10. The number of piperidine rings is 1. The molecule has 1 aromatic carbocycles. The van der Waals surface area contributed by atoms with Crippen molar-refractivity contribution in [2.24, 2.45) is 17.8 Å². The molecule has 0 unspecified atom stereocenters. The maximum absolute atomic E-state index is 12.7. The normalized spacial score (nSPS) is 23.7. The van der Waals surface area contributed by atoms with Gasteiger partial charge in [0.2, 0.25) is 11.8 Å². The van der Waals surface area contributed by atoms with Crippen LogP contribution in [0, 0.1) is 17.8 Å². The number of anilines is 1. The second-order valence-corrected chi connectivity index (χ2v) is 8.18. The van der Waals surface area contributed by atoms with Gasteiger partial charge in [0.25, 0.3) is 0 Å². The van der Waals surface area contributed by atoms with E-state index in [-0.39, 0.29) is 23.5 Å². The van der Waals surface area contributed by atoms with Gasteiger partial charge in [-0.2, -0.15) is 0 Å². The first kappa shape index (κ1) is 19.6. The van der Waals surface area contributed by atoms with Crippen LogP contribution in [-0.4, -0.2) is 35.6 Å². The summed E-state index contributed by atoms with van der Waals surface area (Å²) in [5.74, 6) is 1.08. The van der Waals surface area contributed by atoms with Crippen LogP contribution in [0.25, 0.3) is 0 Å². The number of nitrogens with zero attached hydrogens (tertiary/aromatic N) is 1. The van der Waals surface area contributed by atoms with Gasteiger partial charge >= 0.3 is 0 Å². The second kappa shape index (κ2) is 8.68. The van der Waals surface area contributed by atoms with E-state index in [1.54, 1.807) is 24.3 Å². The molecule has 0 radical (unpaired) electrons. The first-order chi connectivity index (χ1) is 12.9. The predicted molar refractivity (Wildman–Crippen MR) is 106 cm³/mol. The third-order valence-corrected chi connectivity index (χ3v) is 6.10. The molecule has 27 heavy (non-hydrogen) atoms. The summed E-state index contributed by atoms with van der Waals surface area (Å²) < 4.78 is 0. The number of nitrogens with one attached hydrogen (secondary N) is 1. The summed E-state index contributed by atoms with van der Waals surface area (Å²) in [6, 6.07) is 6.99. The van der Waals surface area contributed by atoms with Gasteiger partial charge < -0.3 is 10.2 Å². The van der Waals surface area contributed by atoms with Gasteiger partial charge in [0, 0.05) is 36.2 Å². The van der Waals surface area contributed by atoms with Crippen molar-refractivity contribution in [1.82, 2.24) is 4.90 Å². The minimum atomic E-state index is -0.0390. The van der Waals surface area contributed by atoms with E-state index in [0.29, 0.717) is 17.2 Å². The van der Waals surface area contributed by atoms with Crippen LogP contribution in [0.15, 0.2) is 24.3 Å². The monoisotopic (exact) mass is 370 g/mol. The largest absolute Gasteiger partial charge is 0.342 e. The van der Waals surface area contributed by atoms with Crippen molar-refractivity contribution < 1.29 is 14.4 Å². The number of likely N-dealkylation sites (tertiary alicyclic amines) is 1. The lowest BCUT2D eigenvalue weighted by molar-refractivity contribution is -0.139. The van der Waals surface area contributed by atoms with Crippen molar-refractivity contribution in [3.05, 3.63) is 29.8 Å². The maximum atomic E-state index is 12.7. The van der Waals surface area contributed by atoms with Crippen molar-refractivity contribution in [2.75, 3.05) is 18.4 Å². The number of rotatable bonds is 4. The third kappa shape index (κ3) is 4.96. The van der Waals surface area contributed by atoms with Crippen LogP contribution in [0.1, 0.15) is 62.7 Å². The molecule has 2 aliphatic rings. The Balaban J connectivity index is 1.47. The van der Waals surface area contributed by atoms with E-state index >= 15 is 0 Å². The zero-order chi connectivity index (χ0) is 19.4. The fourth-order valence-electron chi connectivity index (χ4n) is 4.12. The molecule has 5 heteroatoms. The Morgan fingerprint density at radius 1 is 0.889 bits per heavy atom. The van der Waals surface area contributed by atoms with E-state index in [2.05, 4.69) is 12.2 Å². The van der Waals surface area contributed by atoms with Crippen molar-refractivity contribution in [3.8, 4) is 0 Å². The van der Waals surface area contributed by atoms with Gasteiger partial charge in [0.1, 0.15) is 0 Å². The highest BCUT2D eigenvalue weighted by atomic mass is 16.2. The quantitative estimate of drug-likeness (QED) is 0.818. The van der Waals surface area contributed by atoms with Crippen LogP contribution in [0.2, 0.25) is 0 Å². The molecule has 0 bridgehead atoms. The average molecular weight is 370 g/mol. The Kier molecular flexibility index (Phi) is 6.30. The van der Waals surface area contributed by atoms with Gasteiger partial charge in [-0.3, -0.25) is 14.4 Å². The second-order valence-electron chi connectivity index (χ2n) is 8.18. The smallest absolute Gasteiger partial charge is 0.227 e. The lowest BCUT2D eigenvalue weighted by Crippen LogP contribution is -2.42. The highest BCUT2D eigenvalue weighted by Gasteiger charge is 2.33. The molecule has 3 rings (SSSR count). The molecule has 2 amide bonds. The van der Waals surface area contributed by atoms with Crippen molar-refractivity contribution in [1.29, 1.82) is 0 Å². The van der Waals surface area contributed by atoms with Gasteiger partial charge in [0.05, 0.1) is 0 Å². The molecule has 0 atom stereocenters. The summed E-state index contributed by atoms with van der Waals surface area (Å²) >= 11 is 0. The molecule has 1 heterocycles. The van der Waals surface area contributed by atoms with Crippen LogP contribution in [0.3, 0.4) is 0 Å². The van der Waals surface area contributed by atoms with E-state index in [1.807, 2.05) is 4.90 Å². The molecule has 1 aliphatic carbocycles. The number of hydrogen-bond donors (Lipinski definition) is 1. The molecular weight excluding hydrogens is 340 g/mol. The fourth-order valence-corrected chi connectivity index (χ4v) is 4.12. The maximum Gasteiger partial charge on any atom is 0.227 e. The molecular formula is C22H30N2O3. The fraction of sp³-hybridized carbons (Fsp3) is 0.591. The van der Waals surface area contributed by atoms with E-state index in [9.17, 15) is 14.4 Å².